The van der Waals surface area contributed by atoms with Gasteiger partial charge in [-0.25, -0.2) is 9.78 Å². The highest BCUT2D eigenvalue weighted by Gasteiger charge is 2.48. The van der Waals surface area contributed by atoms with Gasteiger partial charge in [0.2, 0.25) is 5.91 Å². The van der Waals surface area contributed by atoms with Crippen molar-refractivity contribution in [1.29, 1.82) is 0 Å². The first-order chi connectivity index (χ1) is 8.63. The van der Waals surface area contributed by atoms with Gasteiger partial charge in [-0.15, -0.1) is 0 Å². The van der Waals surface area contributed by atoms with E-state index in [9.17, 15) is 9.59 Å². The van der Waals surface area contributed by atoms with Gasteiger partial charge in [0.1, 0.15) is 5.82 Å². The molecule has 18 heavy (non-hydrogen) atoms. The molecule has 1 aromatic rings. The molecule has 0 atom stereocenters. The van der Waals surface area contributed by atoms with Crippen molar-refractivity contribution in [3.05, 3.63) is 23.4 Å². The van der Waals surface area contributed by atoms with E-state index in [-0.39, 0.29) is 11.6 Å². The quantitative estimate of drug-likeness (QED) is 0.666. The van der Waals surface area contributed by atoms with Gasteiger partial charge in [0.05, 0.1) is 5.41 Å². The molecule has 6 heteroatoms. The fraction of sp³-hybridized carbons (Fsp3) is 0.417. The number of hydrogen-bond acceptors (Lipinski definition) is 4. The molecule has 0 unspecified atom stereocenters. The summed E-state index contributed by atoms with van der Waals surface area (Å²) in [7, 11) is 0. The van der Waals surface area contributed by atoms with E-state index in [4.69, 9.17) is 5.11 Å². The molecule has 3 N–H and O–H groups in total. The van der Waals surface area contributed by atoms with Crippen LogP contribution in [0.2, 0.25) is 0 Å². The maximum Gasteiger partial charge on any atom is 0.354 e. The van der Waals surface area contributed by atoms with E-state index in [1.165, 1.54) is 6.07 Å². The lowest BCUT2D eigenvalue weighted by atomic mass is 9.74. The van der Waals surface area contributed by atoms with Crippen LogP contribution in [-0.2, 0) is 10.2 Å². The number of amides is 1. The molecule has 1 spiro atoms. The maximum absolute atomic E-state index is 12.2. The number of rotatable bonds is 1. The Morgan fingerprint density at radius 2 is 2.06 bits per heavy atom. The van der Waals surface area contributed by atoms with E-state index in [0.29, 0.717) is 5.82 Å². The third-order valence-electron chi connectivity index (χ3n) is 3.75. The molecule has 0 aliphatic carbocycles. The fourth-order valence-electron chi connectivity index (χ4n) is 2.76. The number of nitrogens with one attached hydrogen (secondary N) is 2. The Labute approximate surface area is 103 Å². The minimum atomic E-state index is -1.08. The van der Waals surface area contributed by atoms with Gasteiger partial charge in [-0.1, -0.05) is 6.07 Å². The minimum Gasteiger partial charge on any atom is -0.477 e. The first-order valence-corrected chi connectivity index (χ1v) is 5.90. The molecule has 0 radical (unpaired) electrons. The number of anilines is 1. The van der Waals surface area contributed by atoms with E-state index < -0.39 is 11.4 Å². The number of carbonyl (C=O) groups excluding carboxylic acids is 1. The van der Waals surface area contributed by atoms with Crippen molar-refractivity contribution in [1.82, 2.24) is 10.3 Å². The smallest absolute Gasteiger partial charge is 0.354 e. The average molecular weight is 247 g/mol. The molecule has 6 nitrogen and oxygen atoms in total. The highest BCUT2D eigenvalue weighted by Crippen LogP contribution is 2.42. The van der Waals surface area contributed by atoms with Gasteiger partial charge in [-0.05, 0) is 32.0 Å². The fourth-order valence-corrected chi connectivity index (χ4v) is 2.76. The molecule has 3 heterocycles. The summed E-state index contributed by atoms with van der Waals surface area (Å²) in [4.78, 5) is 27.0. The lowest BCUT2D eigenvalue weighted by Crippen LogP contribution is -2.44. The third-order valence-corrected chi connectivity index (χ3v) is 3.75. The van der Waals surface area contributed by atoms with Gasteiger partial charge in [-0.2, -0.15) is 0 Å². The van der Waals surface area contributed by atoms with Gasteiger partial charge in [0.25, 0.3) is 0 Å². The zero-order valence-corrected chi connectivity index (χ0v) is 9.69. The van der Waals surface area contributed by atoms with E-state index >= 15 is 0 Å². The van der Waals surface area contributed by atoms with Crippen molar-refractivity contribution in [3.63, 3.8) is 0 Å². The van der Waals surface area contributed by atoms with Crippen molar-refractivity contribution < 1.29 is 14.7 Å². The number of nitrogens with zero attached hydrogens (tertiary/aromatic N) is 1. The van der Waals surface area contributed by atoms with Crippen molar-refractivity contribution >= 4 is 17.7 Å². The van der Waals surface area contributed by atoms with Crippen LogP contribution >= 0.6 is 0 Å². The molecule has 2 aliphatic rings. The summed E-state index contributed by atoms with van der Waals surface area (Å²) in [6.07, 6.45) is 1.44. The zero-order valence-electron chi connectivity index (χ0n) is 9.69. The summed E-state index contributed by atoms with van der Waals surface area (Å²) < 4.78 is 0. The number of fused-ring (bicyclic) bond motifs is 2. The number of aromatic nitrogens is 1. The Balaban J connectivity index is 2.08. The van der Waals surface area contributed by atoms with Crippen molar-refractivity contribution in [3.8, 4) is 0 Å². The Morgan fingerprint density at radius 3 is 2.72 bits per heavy atom. The van der Waals surface area contributed by atoms with Crippen LogP contribution in [-0.4, -0.2) is 35.1 Å². The molecular formula is C12H13N3O3. The molecular weight excluding hydrogens is 234 g/mol. The zero-order chi connectivity index (χ0) is 12.8. The molecule has 2 aliphatic heterocycles. The number of pyridine rings is 1. The lowest BCUT2D eigenvalue weighted by molar-refractivity contribution is -0.121. The van der Waals surface area contributed by atoms with Crippen LogP contribution < -0.4 is 10.6 Å². The standard InChI is InChI=1S/C12H13N3O3/c16-10(17)8-2-1-7-9(14-8)15-11(18)12(7)3-5-13-6-4-12/h1-2,13H,3-6H2,(H,16,17)(H,14,15,18). The molecule has 1 aromatic heterocycles. The lowest BCUT2D eigenvalue weighted by Gasteiger charge is -2.31. The summed E-state index contributed by atoms with van der Waals surface area (Å²) in [5.74, 6) is -0.742. The van der Waals surface area contributed by atoms with Gasteiger partial charge < -0.3 is 15.7 Å². The van der Waals surface area contributed by atoms with Crippen LogP contribution in [0.25, 0.3) is 0 Å². The van der Waals surface area contributed by atoms with E-state index in [1.807, 2.05) is 0 Å². The summed E-state index contributed by atoms with van der Waals surface area (Å²) in [5.41, 5.74) is 0.268. The predicted molar refractivity (Wildman–Crippen MR) is 63.6 cm³/mol. The van der Waals surface area contributed by atoms with Gasteiger partial charge in [0.15, 0.2) is 5.69 Å². The summed E-state index contributed by atoms with van der Waals surface area (Å²) in [6, 6.07) is 3.18. The predicted octanol–water partition coefficient (Wildman–Crippen LogP) is 0.353. The summed E-state index contributed by atoms with van der Waals surface area (Å²) in [6.45, 7) is 1.57. The van der Waals surface area contributed by atoms with E-state index in [2.05, 4.69) is 15.6 Å². The summed E-state index contributed by atoms with van der Waals surface area (Å²) >= 11 is 0. The second-order valence-corrected chi connectivity index (χ2v) is 4.68. The Kier molecular flexibility index (Phi) is 2.34. The molecule has 94 valence electrons. The second-order valence-electron chi connectivity index (χ2n) is 4.68. The normalized spacial score (nSPS) is 20.6. The molecule has 0 saturated carbocycles. The average Bonchev–Trinajstić information content (AvgIpc) is 2.63. The van der Waals surface area contributed by atoms with E-state index in [1.54, 1.807) is 6.07 Å². The van der Waals surface area contributed by atoms with Crippen molar-refractivity contribution in [2.75, 3.05) is 18.4 Å². The molecule has 3 rings (SSSR count). The number of carboxylic acids is 1. The van der Waals surface area contributed by atoms with Crippen LogP contribution in [0.3, 0.4) is 0 Å². The molecule has 0 bridgehead atoms. The molecule has 1 amide bonds. The monoisotopic (exact) mass is 247 g/mol. The highest BCUT2D eigenvalue weighted by atomic mass is 16.4. The van der Waals surface area contributed by atoms with Crippen LogP contribution in [0.4, 0.5) is 5.82 Å². The second kappa shape index (κ2) is 3.78. The largest absolute Gasteiger partial charge is 0.477 e. The Hall–Kier alpha value is -1.95. The van der Waals surface area contributed by atoms with Crippen molar-refractivity contribution in [2.24, 2.45) is 0 Å². The number of carboxylic acid groups (broad SMARTS) is 1. The topological polar surface area (TPSA) is 91.3 Å². The van der Waals surface area contributed by atoms with Gasteiger partial charge in [0, 0.05) is 5.56 Å². The van der Waals surface area contributed by atoms with Gasteiger partial charge in [-0.3, -0.25) is 4.79 Å². The van der Waals surface area contributed by atoms with E-state index in [0.717, 1.165) is 31.5 Å². The van der Waals surface area contributed by atoms with Crippen LogP contribution in [0.1, 0.15) is 28.9 Å². The first-order valence-electron chi connectivity index (χ1n) is 5.90. The number of carbonyl (C=O) groups is 2. The SMILES string of the molecule is O=C(O)c1ccc2c(n1)NC(=O)C21CCNCC1. The third kappa shape index (κ3) is 1.42. The van der Waals surface area contributed by atoms with Crippen LogP contribution in [0.5, 0.6) is 0 Å². The Morgan fingerprint density at radius 1 is 1.33 bits per heavy atom. The first kappa shape index (κ1) is 11.2. The molecule has 1 saturated heterocycles. The highest BCUT2D eigenvalue weighted by molar-refractivity contribution is 6.05. The summed E-state index contributed by atoms with van der Waals surface area (Å²) in [5, 5.41) is 14.8. The van der Waals surface area contributed by atoms with Crippen LogP contribution in [0, 0.1) is 0 Å². The van der Waals surface area contributed by atoms with Crippen LogP contribution in [0.15, 0.2) is 12.1 Å². The number of hydrogen-bond donors (Lipinski definition) is 3. The maximum atomic E-state index is 12.2. The number of aromatic carboxylic acids is 1. The van der Waals surface area contributed by atoms with Crippen molar-refractivity contribution in [2.45, 2.75) is 18.3 Å². The number of piperidine rings is 1. The minimum absolute atomic E-state index is 0.0416. The molecule has 1 fully saturated rings. The Bertz CT molecular complexity index is 535. The molecule has 0 aromatic carbocycles. The van der Waals surface area contributed by atoms with Gasteiger partial charge >= 0.3 is 5.97 Å².